The zero-order valence-electron chi connectivity index (χ0n) is 9.28. The summed E-state index contributed by atoms with van der Waals surface area (Å²) >= 11 is 0. The van der Waals surface area contributed by atoms with Gasteiger partial charge >= 0.3 is 0 Å². The first-order valence-electron chi connectivity index (χ1n) is 6.13. The zero-order valence-corrected chi connectivity index (χ0v) is 9.28. The highest BCUT2D eigenvalue weighted by atomic mass is 16.5. The largest absolute Gasteiger partial charge is 0.381 e. The van der Waals surface area contributed by atoms with E-state index in [1.807, 2.05) is 0 Å². The summed E-state index contributed by atoms with van der Waals surface area (Å²) in [6.45, 7) is 1.66. The Kier molecular flexibility index (Phi) is 3.76. The lowest BCUT2D eigenvalue weighted by Gasteiger charge is -2.23. The van der Waals surface area contributed by atoms with E-state index in [1.165, 1.54) is 0 Å². The van der Waals surface area contributed by atoms with Gasteiger partial charge in [0.05, 0.1) is 0 Å². The number of carbonyl (C=O) groups is 1. The van der Waals surface area contributed by atoms with Crippen molar-refractivity contribution in [2.75, 3.05) is 13.2 Å². The van der Waals surface area contributed by atoms with E-state index in [0.717, 1.165) is 51.7 Å². The van der Waals surface area contributed by atoms with Crippen LogP contribution in [0.1, 0.15) is 38.5 Å². The topological polar surface area (TPSA) is 52.3 Å². The van der Waals surface area contributed by atoms with Gasteiger partial charge in [0.15, 0.2) is 0 Å². The average Bonchev–Trinajstić information content (AvgIpc) is 2.66. The highest BCUT2D eigenvalue weighted by molar-refractivity contribution is 5.82. The summed E-state index contributed by atoms with van der Waals surface area (Å²) in [5.41, 5.74) is 5.94. The maximum absolute atomic E-state index is 12.0. The molecule has 0 radical (unpaired) electrons. The molecule has 86 valence electrons. The third-order valence-corrected chi connectivity index (χ3v) is 3.81. The third-order valence-electron chi connectivity index (χ3n) is 3.81. The van der Waals surface area contributed by atoms with Crippen molar-refractivity contribution in [3.8, 4) is 0 Å². The lowest BCUT2D eigenvalue weighted by Crippen LogP contribution is -2.32. The van der Waals surface area contributed by atoms with E-state index in [4.69, 9.17) is 10.5 Å². The van der Waals surface area contributed by atoms with Crippen LogP contribution in [0.2, 0.25) is 0 Å². The maximum atomic E-state index is 12.0. The lowest BCUT2D eigenvalue weighted by molar-refractivity contribution is -0.124. The molecular formula is C12H21NO2. The second-order valence-electron chi connectivity index (χ2n) is 4.93. The average molecular weight is 211 g/mol. The molecule has 3 nitrogen and oxygen atoms in total. The molecule has 0 aromatic carbocycles. The molecule has 3 heteroatoms. The van der Waals surface area contributed by atoms with E-state index in [2.05, 4.69) is 0 Å². The van der Waals surface area contributed by atoms with E-state index < -0.39 is 0 Å². The van der Waals surface area contributed by atoms with Gasteiger partial charge < -0.3 is 10.5 Å². The van der Waals surface area contributed by atoms with Crippen molar-refractivity contribution >= 4 is 5.78 Å². The van der Waals surface area contributed by atoms with Crippen LogP contribution in [0.5, 0.6) is 0 Å². The number of carbonyl (C=O) groups excluding carboxylic acids is 1. The van der Waals surface area contributed by atoms with Gasteiger partial charge in [-0.15, -0.1) is 0 Å². The van der Waals surface area contributed by atoms with E-state index in [9.17, 15) is 4.79 Å². The summed E-state index contributed by atoms with van der Waals surface area (Å²) < 4.78 is 5.29. The van der Waals surface area contributed by atoms with Gasteiger partial charge in [-0.3, -0.25) is 4.79 Å². The highest BCUT2D eigenvalue weighted by Crippen LogP contribution is 2.28. The molecular weight excluding hydrogens is 190 g/mol. The fourth-order valence-corrected chi connectivity index (χ4v) is 2.77. The fourth-order valence-electron chi connectivity index (χ4n) is 2.77. The van der Waals surface area contributed by atoms with Gasteiger partial charge in [0.1, 0.15) is 5.78 Å². The Morgan fingerprint density at radius 2 is 1.93 bits per heavy atom. The van der Waals surface area contributed by atoms with Crippen LogP contribution in [0.25, 0.3) is 0 Å². The minimum absolute atomic E-state index is 0.136. The van der Waals surface area contributed by atoms with Gasteiger partial charge in [-0.25, -0.2) is 0 Å². The van der Waals surface area contributed by atoms with Crippen molar-refractivity contribution < 1.29 is 9.53 Å². The SMILES string of the molecule is NC1CCCC1C(=O)CC1CCOCC1. The Balaban J connectivity index is 1.80. The molecule has 2 fully saturated rings. The van der Waals surface area contributed by atoms with Crippen LogP contribution < -0.4 is 5.73 Å². The number of ether oxygens (including phenoxy) is 1. The third kappa shape index (κ3) is 2.79. The number of nitrogens with two attached hydrogens (primary N) is 1. The molecule has 0 spiro atoms. The first kappa shape index (κ1) is 11.1. The first-order valence-corrected chi connectivity index (χ1v) is 6.13. The molecule has 2 atom stereocenters. The van der Waals surface area contributed by atoms with Gasteiger partial charge in [0, 0.05) is 31.6 Å². The quantitative estimate of drug-likeness (QED) is 0.769. The number of rotatable bonds is 3. The zero-order chi connectivity index (χ0) is 10.7. The van der Waals surface area contributed by atoms with Crippen molar-refractivity contribution in [2.24, 2.45) is 17.6 Å². The van der Waals surface area contributed by atoms with E-state index in [1.54, 1.807) is 0 Å². The van der Waals surface area contributed by atoms with Crippen LogP contribution >= 0.6 is 0 Å². The molecule has 1 saturated heterocycles. The van der Waals surface area contributed by atoms with Crippen molar-refractivity contribution in [3.63, 3.8) is 0 Å². The van der Waals surface area contributed by atoms with Gasteiger partial charge in [-0.1, -0.05) is 6.42 Å². The molecule has 0 aromatic rings. The molecule has 1 heterocycles. The van der Waals surface area contributed by atoms with E-state index >= 15 is 0 Å². The second-order valence-corrected chi connectivity index (χ2v) is 4.93. The van der Waals surface area contributed by atoms with Crippen LogP contribution in [0.4, 0.5) is 0 Å². The molecule has 15 heavy (non-hydrogen) atoms. The summed E-state index contributed by atoms with van der Waals surface area (Å²) in [7, 11) is 0. The maximum Gasteiger partial charge on any atom is 0.137 e. The van der Waals surface area contributed by atoms with Crippen molar-refractivity contribution in [3.05, 3.63) is 0 Å². The monoisotopic (exact) mass is 211 g/mol. The highest BCUT2D eigenvalue weighted by Gasteiger charge is 2.31. The Bertz CT molecular complexity index is 224. The van der Waals surface area contributed by atoms with Crippen molar-refractivity contribution in [1.29, 1.82) is 0 Å². The standard InChI is InChI=1S/C12H21NO2/c13-11-3-1-2-10(11)12(14)8-9-4-6-15-7-5-9/h9-11H,1-8,13H2. The van der Waals surface area contributed by atoms with E-state index in [0.29, 0.717) is 11.7 Å². The van der Waals surface area contributed by atoms with Gasteiger partial charge in [-0.2, -0.15) is 0 Å². The second kappa shape index (κ2) is 5.08. The molecule has 1 aliphatic heterocycles. The number of hydrogen-bond donors (Lipinski definition) is 1. The minimum Gasteiger partial charge on any atom is -0.381 e. The molecule has 2 aliphatic rings. The van der Waals surface area contributed by atoms with Crippen LogP contribution in [0.3, 0.4) is 0 Å². The normalized spacial score (nSPS) is 33.1. The van der Waals surface area contributed by atoms with Crippen LogP contribution in [0, 0.1) is 11.8 Å². The fraction of sp³-hybridized carbons (Fsp3) is 0.917. The Morgan fingerprint density at radius 3 is 2.53 bits per heavy atom. The van der Waals surface area contributed by atoms with Crippen LogP contribution in [0.15, 0.2) is 0 Å². The van der Waals surface area contributed by atoms with Crippen LogP contribution in [-0.2, 0) is 9.53 Å². The van der Waals surface area contributed by atoms with Crippen LogP contribution in [-0.4, -0.2) is 25.0 Å². The van der Waals surface area contributed by atoms with Crippen molar-refractivity contribution in [2.45, 2.75) is 44.6 Å². The summed E-state index contributed by atoms with van der Waals surface area (Å²) in [5, 5.41) is 0. The molecule has 2 unspecified atom stereocenters. The lowest BCUT2D eigenvalue weighted by atomic mass is 9.87. The van der Waals surface area contributed by atoms with Gasteiger partial charge in [-0.05, 0) is 31.6 Å². The Hall–Kier alpha value is -0.410. The van der Waals surface area contributed by atoms with Gasteiger partial charge in [0.2, 0.25) is 0 Å². The van der Waals surface area contributed by atoms with Crippen molar-refractivity contribution in [1.82, 2.24) is 0 Å². The number of Topliss-reactive ketones (excluding diaryl/α,β-unsaturated/α-hetero) is 1. The molecule has 1 saturated carbocycles. The molecule has 2 N–H and O–H groups in total. The summed E-state index contributed by atoms with van der Waals surface area (Å²) in [4.78, 5) is 12.0. The van der Waals surface area contributed by atoms with E-state index in [-0.39, 0.29) is 12.0 Å². The molecule has 2 rings (SSSR count). The predicted octanol–water partition coefficient (Wildman–Crippen LogP) is 1.50. The number of ketones is 1. The predicted molar refractivity (Wildman–Crippen MR) is 58.5 cm³/mol. The molecule has 1 aliphatic carbocycles. The first-order chi connectivity index (χ1) is 7.27. The number of hydrogen-bond acceptors (Lipinski definition) is 3. The summed E-state index contributed by atoms with van der Waals surface area (Å²) in [5.74, 6) is 1.12. The Morgan fingerprint density at radius 1 is 1.20 bits per heavy atom. The minimum atomic E-state index is 0.136. The van der Waals surface area contributed by atoms with Gasteiger partial charge in [0.25, 0.3) is 0 Å². The smallest absolute Gasteiger partial charge is 0.137 e. The molecule has 0 aromatic heterocycles. The summed E-state index contributed by atoms with van der Waals surface area (Å²) in [6, 6.07) is 0.136. The Labute approximate surface area is 91.4 Å². The molecule has 0 amide bonds. The molecule has 0 bridgehead atoms. The summed E-state index contributed by atoms with van der Waals surface area (Å²) in [6.07, 6.45) is 6.02.